The fourth-order valence-corrected chi connectivity index (χ4v) is 2.43. The molecule has 1 aromatic carbocycles. The summed E-state index contributed by atoms with van der Waals surface area (Å²) in [5.74, 6) is -1.36. The minimum atomic E-state index is -0.934. The minimum absolute atomic E-state index is 0.171. The number of nitrogens with zero attached hydrogens (tertiary/aromatic N) is 2. The fourth-order valence-electron chi connectivity index (χ4n) is 2.43. The summed E-state index contributed by atoms with van der Waals surface area (Å²) in [5, 5.41) is 27.2. The molecule has 0 bridgehead atoms. The molecule has 2 amide bonds. The lowest BCUT2D eigenvalue weighted by Gasteiger charge is -2.28. The van der Waals surface area contributed by atoms with Crippen LogP contribution >= 0.6 is 0 Å². The Bertz CT molecular complexity index is 722. The third-order valence-corrected chi connectivity index (χ3v) is 3.45. The Balaban J connectivity index is 3.09. The summed E-state index contributed by atoms with van der Waals surface area (Å²) in [4.78, 5) is 45.1. The molecule has 1 atom stereocenters. The van der Waals surface area contributed by atoms with Crippen LogP contribution in [0.25, 0.3) is 0 Å². The van der Waals surface area contributed by atoms with E-state index >= 15 is 0 Å². The Morgan fingerprint density at radius 1 is 1.04 bits per heavy atom. The third-order valence-electron chi connectivity index (χ3n) is 3.45. The molecule has 0 aliphatic carbocycles. The Kier molecular flexibility index (Phi) is 7.12. The van der Waals surface area contributed by atoms with E-state index in [9.17, 15) is 29.8 Å². The summed E-state index contributed by atoms with van der Waals surface area (Å²) in [6.45, 7) is 9.48. The van der Waals surface area contributed by atoms with Crippen molar-refractivity contribution in [2.45, 2.75) is 52.6 Å². The predicted molar refractivity (Wildman–Crippen MR) is 98.4 cm³/mol. The van der Waals surface area contributed by atoms with Gasteiger partial charge >= 0.3 is 0 Å². The normalized spacial score (nSPS) is 12.5. The minimum Gasteiger partial charge on any atom is -0.301 e. The zero-order valence-electron chi connectivity index (χ0n) is 15.9. The van der Waals surface area contributed by atoms with Gasteiger partial charge in [-0.1, -0.05) is 13.8 Å². The number of imide groups is 1. The molecule has 0 heterocycles. The van der Waals surface area contributed by atoms with Gasteiger partial charge < -0.3 is 5.32 Å². The van der Waals surface area contributed by atoms with Gasteiger partial charge in [-0.25, -0.2) is 0 Å². The van der Waals surface area contributed by atoms with Crippen molar-refractivity contribution in [3.63, 3.8) is 0 Å². The molecule has 10 heteroatoms. The Morgan fingerprint density at radius 2 is 1.52 bits per heavy atom. The number of carbonyl (C=O) groups is 2. The maximum Gasteiger partial charge on any atom is 0.277 e. The van der Waals surface area contributed by atoms with Gasteiger partial charge in [-0.3, -0.25) is 35.1 Å². The monoisotopic (exact) mass is 380 g/mol. The molecule has 0 spiro atoms. The molecule has 2 N–H and O–H groups in total. The molecule has 0 fully saturated rings. The average molecular weight is 380 g/mol. The molecule has 1 aromatic rings. The van der Waals surface area contributed by atoms with Crippen molar-refractivity contribution in [1.82, 2.24) is 10.6 Å². The number of carbonyl (C=O) groups excluding carboxylic acids is 2. The lowest BCUT2D eigenvalue weighted by atomic mass is 9.99. The molecule has 148 valence electrons. The lowest BCUT2D eigenvalue weighted by Crippen LogP contribution is -2.53. The van der Waals surface area contributed by atoms with Gasteiger partial charge in [-0.2, -0.15) is 0 Å². The molecule has 0 aliphatic rings. The van der Waals surface area contributed by atoms with Crippen LogP contribution in [0.1, 0.15) is 51.4 Å². The van der Waals surface area contributed by atoms with Gasteiger partial charge in [-0.15, -0.1) is 0 Å². The van der Waals surface area contributed by atoms with Crippen molar-refractivity contribution in [1.29, 1.82) is 0 Å². The summed E-state index contributed by atoms with van der Waals surface area (Å²) in [7, 11) is 0. The van der Waals surface area contributed by atoms with Crippen LogP contribution < -0.4 is 10.6 Å². The number of nitrogens with one attached hydrogen (secondary N) is 2. The second-order valence-electron chi connectivity index (χ2n) is 7.65. The smallest absolute Gasteiger partial charge is 0.277 e. The maximum atomic E-state index is 12.5. The number of hydrogen-bond acceptors (Lipinski definition) is 7. The van der Waals surface area contributed by atoms with Crippen LogP contribution in [0, 0.1) is 26.1 Å². The van der Waals surface area contributed by atoms with Crippen molar-refractivity contribution in [3.8, 4) is 0 Å². The largest absolute Gasteiger partial charge is 0.301 e. The Morgan fingerprint density at radius 3 is 1.89 bits per heavy atom. The van der Waals surface area contributed by atoms with Gasteiger partial charge in [0.25, 0.3) is 17.3 Å². The molecule has 0 unspecified atom stereocenters. The topological polar surface area (TPSA) is 144 Å². The number of hydrogen-bond donors (Lipinski definition) is 2. The van der Waals surface area contributed by atoms with Gasteiger partial charge in [-0.05, 0) is 33.1 Å². The van der Waals surface area contributed by atoms with Crippen molar-refractivity contribution >= 4 is 23.2 Å². The van der Waals surface area contributed by atoms with Gasteiger partial charge in [0.1, 0.15) is 0 Å². The number of nitro benzene ring substituents is 2. The fraction of sp³-hybridized carbons (Fsp3) is 0.529. The first-order chi connectivity index (χ1) is 12.3. The highest BCUT2D eigenvalue weighted by Crippen LogP contribution is 2.22. The summed E-state index contributed by atoms with van der Waals surface area (Å²) < 4.78 is 0. The van der Waals surface area contributed by atoms with Crippen LogP contribution in [-0.2, 0) is 4.79 Å². The second-order valence-corrected chi connectivity index (χ2v) is 7.65. The van der Waals surface area contributed by atoms with E-state index in [1.54, 1.807) is 0 Å². The van der Waals surface area contributed by atoms with Crippen molar-refractivity contribution in [2.75, 3.05) is 0 Å². The van der Waals surface area contributed by atoms with Crippen LogP contribution in [0.4, 0.5) is 11.4 Å². The Hall–Kier alpha value is -2.88. The van der Waals surface area contributed by atoms with Crippen LogP contribution in [0.3, 0.4) is 0 Å². The van der Waals surface area contributed by atoms with Crippen LogP contribution in [0.15, 0.2) is 18.2 Å². The number of rotatable bonds is 7. The Labute approximate surface area is 156 Å². The summed E-state index contributed by atoms with van der Waals surface area (Å²) in [6.07, 6.45) is 0.464. The average Bonchev–Trinajstić information content (AvgIpc) is 2.51. The third kappa shape index (κ3) is 7.10. The van der Waals surface area contributed by atoms with Crippen molar-refractivity contribution in [2.24, 2.45) is 5.92 Å². The van der Waals surface area contributed by atoms with Gasteiger partial charge in [0, 0.05) is 17.7 Å². The molecule has 27 heavy (non-hydrogen) atoms. The molecule has 10 nitrogen and oxygen atoms in total. The van der Waals surface area contributed by atoms with Gasteiger partial charge in [0.05, 0.1) is 27.5 Å². The highest BCUT2D eigenvalue weighted by molar-refractivity contribution is 6.06. The van der Waals surface area contributed by atoms with Gasteiger partial charge in [0.15, 0.2) is 0 Å². The zero-order chi connectivity index (χ0) is 20.9. The van der Waals surface area contributed by atoms with E-state index < -0.39 is 39.1 Å². The van der Waals surface area contributed by atoms with Crippen LogP contribution in [-0.4, -0.2) is 33.2 Å². The SMILES string of the molecule is CC(C)C[C@H](NC(C)(C)C)C(=O)NC(=O)c1cc([N+](=O)[O-])cc([N+](=O)[O-])c1. The standard InChI is InChI=1S/C17H24N4O6/c1-10(2)6-14(19-17(3,4)5)16(23)18-15(22)11-7-12(20(24)25)9-13(8-11)21(26)27/h7-10,14,19H,6H2,1-5H3,(H,18,22,23)/t14-/m0/s1. The molecular weight excluding hydrogens is 356 g/mol. The lowest BCUT2D eigenvalue weighted by molar-refractivity contribution is -0.394. The summed E-state index contributed by atoms with van der Waals surface area (Å²) in [5.41, 5.74) is -1.92. The first-order valence-corrected chi connectivity index (χ1v) is 8.37. The first-order valence-electron chi connectivity index (χ1n) is 8.37. The highest BCUT2D eigenvalue weighted by Gasteiger charge is 2.27. The van der Waals surface area contributed by atoms with E-state index in [-0.39, 0.29) is 17.0 Å². The van der Waals surface area contributed by atoms with Crippen molar-refractivity contribution in [3.05, 3.63) is 44.0 Å². The molecule has 1 rings (SSSR count). The second kappa shape index (κ2) is 8.67. The number of benzene rings is 1. The summed E-state index contributed by atoms with van der Waals surface area (Å²) >= 11 is 0. The van der Waals surface area contributed by atoms with E-state index in [1.165, 1.54) is 0 Å². The van der Waals surface area contributed by atoms with Crippen LogP contribution in [0.5, 0.6) is 0 Å². The number of nitro groups is 2. The van der Waals surface area contributed by atoms with Gasteiger partial charge in [0.2, 0.25) is 5.91 Å². The molecule has 0 aliphatic heterocycles. The summed E-state index contributed by atoms with van der Waals surface area (Å²) in [6, 6.07) is 1.87. The first kappa shape index (κ1) is 22.2. The molecule has 0 saturated carbocycles. The molecule has 0 radical (unpaired) electrons. The van der Waals surface area contributed by atoms with E-state index in [2.05, 4.69) is 10.6 Å². The number of non-ortho nitro benzene ring substituents is 2. The van der Waals surface area contributed by atoms with E-state index in [0.29, 0.717) is 6.42 Å². The van der Waals surface area contributed by atoms with Crippen molar-refractivity contribution < 1.29 is 19.4 Å². The van der Waals surface area contributed by atoms with E-state index in [0.717, 1.165) is 18.2 Å². The predicted octanol–water partition coefficient (Wildman–Crippen LogP) is 2.56. The maximum absolute atomic E-state index is 12.5. The zero-order valence-corrected chi connectivity index (χ0v) is 15.9. The van der Waals surface area contributed by atoms with E-state index in [1.807, 2.05) is 34.6 Å². The number of amides is 2. The van der Waals surface area contributed by atoms with Crippen LogP contribution in [0.2, 0.25) is 0 Å². The molecule has 0 aromatic heterocycles. The quantitative estimate of drug-likeness (QED) is 0.546. The highest BCUT2D eigenvalue weighted by atomic mass is 16.6. The van der Waals surface area contributed by atoms with E-state index in [4.69, 9.17) is 0 Å². The molecule has 0 saturated heterocycles. The molecular formula is C17H24N4O6.